The predicted molar refractivity (Wildman–Crippen MR) is 73.6 cm³/mol. The lowest BCUT2D eigenvalue weighted by molar-refractivity contribution is 0.600. The molecule has 20 heavy (non-hydrogen) atoms. The summed E-state index contributed by atoms with van der Waals surface area (Å²) >= 11 is 0. The number of aryl methyl sites for hydroxylation is 1. The lowest BCUT2D eigenvalue weighted by Crippen LogP contribution is -2.16. The van der Waals surface area contributed by atoms with Gasteiger partial charge in [0.1, 0.15) is 11.2 Å². The van der Waals surface area contributed by atoms with Crippen LogP contribution in [0.4, 0.5) is 5.95 Å². The number of para-hydroxylation sites is 1. The molecule has 0 atom stereocenters. The van der Waals surface area contributed by atoms with Gasteiger partial charge in [0.05, 0.1) is 5.52 Å². The van der Waals surface area contributed by atoms with Gasteiger partial charge in [-0.2, -0.15) is 10.1 Å². The SMILES string of the molecule is Cn1ncnc1NS(=O)(=O)c1cccc2cccnc12. The Morgan fingerprint density at radius 2 is 1.95 bits per heavy atom. The van der Waals surface area contributed by atoms with Crippen molar-refractivity contribution in [1.29, 1.82) is 0 Å². The van der Waals surface area contributed by atoms with E-state index in [2.05, 4.69) is 19.8 Å². The van der Waals surface area contributed by atoms with Gasteiger partial charge in [0.25, 0.3) is 10.0 Å². The summed E-state index contributed by atoms with van der Waals surface area (Å²) in [6, 6.07) is 8.56. The van der Waals surface area contributed by atoms with Crippen LogP contribution in [0, 0.1) is 0 Å². The Labute approximate surface area is 115 Å². The summed E-state index contributed by atoms with van der Waals surface area (Å²) in [5.41, 5.74) is 0.421. The quantitative estimate of drug-likeness (QED) is 0.781. The number of anilines is 1. The van der Waals surface area contributed by atoms with Crippen LogP contribution in [0.1, 0.15) is 0 Å². The van der Waals surface area contributed by atoms with Gasteiger partial charge in [-0.3, -0.25) is 4.98 Å². The van der Waals surface area contributed by atoms with E-state index in [4.69, 9.17) is 0 Å². The first-order valence-corrected chi connectivity index (χ1v) is 7.27. The fraction of sp³-hybridized carbons (Fsp3) is 0.0833. The lowest BCUT2D eigenvalue weighted by atomic mass is 10.2. The van der Waals surface area contributed by atoms with Crippen molar-refractivity contribution in [1.82, 2.24) is 19.7 Å². The van der Waals surface area contributed by atoms with Crippen LogP contribution in [0.3, 0.4) is 0 Å². The summed E-state index contributed by atoms with van der Waals surface area (Å²) in [7, 11) is -2.16. The molecule has 0 amide bonds. The molecule has 0 bridgehead atoms. The maximum atomic E-state index is 12.4. The zero-order chi connectivity index (χ0) is 14.2. The molecule has 0 radical (unpaired) electrons. The molecule has 0 unspecified atom stereocenters. The highest BCUT2D eigenvalue weighted by molar-refractivity contribution is 7.93. The molecule has 1 aromatic carbocycles. The molecule has 0 saturated heterocycles. The third-order valence-corrected chi connectivity index (χ3v) is 4.18. The van der Waals surface area contributed by atoms with Crippen molar-refractivity contribution in [3.8, 4) is 0 Å². The zero-order valence-electron chi connectivity index (χ0n) is 10.6. The van der Waals surface area contributed by atoms with Crippen LogP contribution in [0.2, 0.25) is 0 Å². The number of fused-ring (bicyclic) bond motifs is 1. The van der Waals surface area contributed by atoms with Crippen molar-refractivity contribution >= 4 is 26.9 Å². The third-order valence-electron chi connectivity index (χ3n) is 2.82. The topological polar surface area (TPSA) is 89.8 Å². The number of aromatic nitrogens is 4. The second-order valence-corrected chi connectivity index (χ2v) is 5.79. The van der Waals surface area contributed by atoms with Crippen LogP contribution in [0.5, 0.6) is 0 Å². The molecule has 0 aliphatic rings. The number of nitrogens with one attached hydrogen (secondary N) is 1. The Balaban J connectivity index is 2.12. The summed E-state index contributed by atoms with van der Waals surface area (Å²) in [4.78, 5) is 8.09. The van der Waals surface area contributed by atoms with E-state index in [9.17, 15) is 8.42 Å². The Kier molecular flexibility index (Phi) is 2.87. The Bertz CT molecular complexity index is 867. The van der Waals surface area contributed by atoms with E-state index in [-0.39, 0.29) is 10.8 Å². The van der Waals surface area contributed by atoms with E-state index in [1.165, 1.54) is 17.1 Å². The average Bonchev–Trinajstić information content (AvgIpc) is 2.83. The van der Waals surface area contributed by atoms with Gasteiger partial charge in [-0.25, -0.2) is 17.8 Å². The minimum absolute atomic E-state index is 0.110. The first-order valence-electron chi connectivity index (χ1n) is 5.78. The van der Waals surface area contributed by atoms with Gasteiger partial charge in [-0.1, -0.05) is 18.2 Å². The first-order chi connectivity index (χ1) is 9.58. The summed E-state index contributed by atoms with van der Waals surface area (Å²) in [6.07, 6.45) is 2.84. The highest BCUT2D eigenvalue weighted by Gasteiger charge is 2.20. The first kappa shape index (κ1) is 12.5. The maximum Gasteiger partial charge on any atom is 0.266 e. The number of pyridine rings is 1. The fourth-order valence-corrected chi connectivity index (χ4v) is 3.07. The number of rotatable bonds is 3. The number of hydrogen-bond acceptors (Lipinski definition) is 5. The highest BCUT2D eigenvalue weighted by Crippen LogP contribution is 2.22. The van der Waals surface area contributed by atoms with Crippen molar-refractivity contribution in [3.05, 3.63) is 42.9 Å². The van der Waals surface area contributed by atoms with Crippen LogP contribution < -0.4 is 4.72 Å². The molecule has 0 saturated carbocycles. The molecule has 2 aromatic heterocycles. The summed E-state index contributed by atoms with van der Waals surface area (Å²) in [5, 5.41) is 4.58. The van der Waals surface area contributed by atoms with Crippen LogP contribution >= 0.6 is 0 Å². The second kappa shape index (κ2) is 4.57. The maximum absolute atomic E-state index is 12.4. The molecule has 2 heterocycles. The molecular formula is C12H11N5O2S. The van der Waals surface area contributed by atoms with E-state index in [1.54, 1.807) is 25.4 Å². The highest BCUT2D eigenvalue weighted by atomic mass is 32.2. The van der Waals surface area contributed by atoms with E-state index >= 15 is 0 Å². The molecule has 3 aromatic rings. The Morgan fingerprint density at radius 1 is 1.15 bits per heavy atom. The van der Waals surface area contributed by atoms with Gasteiger partial charge in [0.15, 0.2) is 0 Å². The monoisotopic (exact) mass is 289 g/mol. The molecule has 102 valence electrons. The van der Waals surface area contributed by atoms with Crippen LogP contribution in [0.25, 0.3) is 10.9 Å². The molecular weight excluding hydrogens is 278 g/mol. The van der Waals surface area contributed by atoms with E-state index in [1.807, 2.05) is 12.1 Å². The smallest absolute Gasteiger partial charge is 0.255 e. The van der Waals surface area contributed by atoms with Gasteiger partial charge in [0.2, 0.25) is 5.95 Å². The predicted octanol–water partition coefficient (Wildman–Crippen LogP) is 1.16. The van der Waals surface area contributed by atoms with Gasteiger partial charge in [0, 0.05) is 18.6 Å². The molecule has 8 heteroatoms. The molecule has 0 aliphatic carbocycles. The largest absolute Gasteiger partial charge is 0.266 e. The van der Waals surface area contributed by atoms with Gasteiger partial charge >= 0.3 is 0 Å². The van der Waals surface area contributed by atoms with Gasteiger partial charge < -0.3 is 0 Å². The summed E-state index contributed by atoms with van der Waals surface area (Å²) in [6.45, 7) is 0. The Hall–Kier alpha value is -2.48. The molecule has 3 rings (SSSR count). The van der Waals surface area contributed by atoms with Crippen LogP contribution in [-0.2, 0) is 17.1 Å². The van der Waals surface area contributed by atoms with E-state index in [0.717, 1.165) is 5.39 Å². The van der Waals surface area contributed by atoms with Crippen molar-refractivity contribution in [3.63, 3.8) is 0 Å². The minimum Gasteiger partial charge on any atom is -0.255 e. The standard InChI is InChI=1S/C12H11N5O2S/c1-17-12(14-8-15-17)16-20(18,19)10-6-2-4-9-5-3-7-13-11(9)10/h2-8H,1H3,(H,14,15,16). The molecule has 0 fully saturated rings. The van der Waals surface area contributed by atoms with Crippen molar-refractivity contribution in [2.45, 2.75) is 4.90 Å². The van der Waals surface area contributed by atoms with E-state index < -0.39 is 10.0 Å². The number of hydrogen-bond donors (Lipinski definition) is 1. The van der Waals surface area contributed by atoms with Crippen molar-refractivity contribution < 1.29 is 8.42 Å². The van der Waals surface area contributed by atoms with Crippen molar-refractivity contribution in [2.24, 2.45) is 7.05 Å². The minimum atomic E-state index is -3.77. The normalized spacial score (nSPS) is 11.7. The summed E-state index contributed by atoms with van der Waals surface area (Å²) in [5.74, 6) is 0.151. The summed E-state index contributed by atoms with van der Waals surface area (Å²) < 4.78 is 28.6. The van der Waals surface area contributed by atoms with Crippen LogP contribution in [0.15, 0.2) is 47.8 Å². The lowest BCUT2D eigenvalue weighted by Gasteiger charge is -2.08. The van der Waals surface area contributed by atoms with Gasteiger partial charge in [-0.15, -0.1) is 0 Å². The number of sulfonamides is 1. The fourth-order valence-electron chi connectivity index (χ4n) is 1.86. The van der Waals surface area contributed by atoms with Gasteiger partial charge in [-0.05, 0) is 12.1 Å². The second-order valence-electron chi connectivity index (χ2n) is 4.14. The third kappa shape index (κ3) is 2.10. The number of nitrogens with zero attached hydrogens (tertiary/aromatic N) is 4. The molecule has 7 nitrogen and oxygen atoms in total. The molecule has 0 aliphatic heterocycles. The van der Waals surface area contributed by atoms with E-state index in [0.29, 0.717) is 5.52 Å². The molecule has 0 spiro atoms. The zero-order valence-corrected chi connectivity index (χ0v) is 11.4. The average molecular weight is 289 g/mol. The Morgan fingerprint density at radius 3 is 2.70 bits per heavy atom. The molecule has 1 N–H and O–H groups in total. The number of benzene rings is 1. The van der Waals surface area contributed by atoms with Crippen molar-refractivity contribution in [2.75, 3.05) is 4.72 Å². The van der Waals surface area contributed by atoms with Crippen LogP contribution in [-0.4, -0.2) is 28.2 Å².